The molecule has 0 saturated carbocycles. The Hall–Kier alpha value is -1.79. The van der Waals surface area contributed by atoms with E-state index in [4.69, 9.17) is 5.73 Å². The zero-order valence-corrected chi connectivity index (χ0v) is 9.11. The van der Waals surface area contributed by atoms with Crippen molar-refractivity contribution in [3.05, 3.63) is 40.7 Å². The number of nitrogens with zero attached hydrogens (tertiary/aromatic N) is 3. The zero-order valence-electron chi connectivity index (χ0n) is 8.29. The number of hydrogen-bond donors (Lipinski definition) is 2. The molecule has 0 saturated heterocycles. The Morgan fingerprint density at radius 3 is 3.12 bits per heavy atom. The molecule has 16 heavy (non-hydrogen) atoms. The van der Waals surface area contributed by atoms with Crippen molar-refractivity contribution in [2.45, 2.75) is 6.04 Å². The maximum absolute atomic E-state index is 6.09. The van der Waals surface area contributed by atoms with Crippen LogP contribution in [0.4, 0.5) is 0 Å². The molecule has 0 radical (unpaired) electrons. The van der Waals surface area contributed by atoms with Crippen molar-refractivity contribution in [3.63, 3.8) is 0 Å². The second-order valence-electron chi connectivity index (χ2n) is 3.38. The van der Waals surface area contributed by atoms with Gasteiger partial charge in [0.1, 0.15) is 17.7 Å². The van der Waals surface area contributed by atoms with Crippen LogP contribution in [-0.4, -0.2) is 19.9 Å². The fourth-order valence-electron chi connectivity index (χ4n) is 1.53. The molecule has 0 amide bonds. The van der Waals surface area contributed by atoms with Crippen LogP contribution in [0.2, 0.25) is 0 Å². The fraction of sp³-hybridized carbons (Fsp3) is 0.100. The highest BCUT2D eigenvalue weighted by Gasteiger charge is 2.14. The Bertz CT molecular complexity index is 567. The summed E-state index contributed by atoms with van der Waals surface area (Å²) in [7, 11) is 0. The van der Waals surface area contributed by atoms with Crippen molar-refractivity contribution in [1.29, 1.82) is 0 Å². The maximum Gasteiger partial charge on any atom is 0.180 e. The van der Waals surface area contributed by atoms with Gasteiger partial charge in [0, 0.05) is 4.88 Å². The van der Waals surface area contributed by atoms with Crippen LogP contribution in [0.5, 0.6) is 0 Å². The molecule has 3 heterocycles. The van der Waals surface area contributed by atoms with E-state index in [2.05, 4.69) is 19.9 Å². The van der Waals surface area contributed by atoms with Gasteiger partial charge in [-0.15, -0.1) is 11.3 Å². The van der Waals surface area contributed by atoms with Gasteiger partial charge in [-0.25, -0.2) is 15.0 Å². The van der Waals surface area contributed by atoms with E-state index in [-0.39, 0.29) is 6.04 Å². The van der Waals surface area contributed by atoms with E-state index in [0.717, 1.165) is 16.2 Å². The van der Waals surface area contributed by atoms with Crippen LogP contribution < -0.4 is 5.73 Å². The predicted molar refractivity (Wildman–Crippen MR) is 62.0 cm³/mol. The van der Waals surface area contributed by atoms with E-state index in [1.54, 1.807) is 17.5 Å². The van der Waals surface area contributed by atoms with Gasteiger partial charge < -0.3 is 10.7 Å². The SMILES string of the molecule is NC(c1nc2ncncc2[nH]1)c1cccs1. The van der Waals surface area contributed by atoms with E-state index >= 15 is 0 Å². The van der Waals surface area contributed by atoms with Gasteiger partial charge in [0.15, 0.2) is 5.65 Å². The molecule has 3 aromatic rings. The molecule has 6 heteroatoms. The number of thiophene rings is 1. The highest BCUT2D eigenvalue weighted by atomic mass is 32.1. The molecule has 1 atom stereocenters. The minimum Gasteiger partial charge on any atom is -0.338 e. The third kappa shape index (κ3) is 1.48. The molecule has 0 spiro atoms. The highest BCUT2D eigenvalue weighted by Crippen LogP contribution is 2.22. The van der Waals surface area contributed by atoms with E-state index in [1.165, 1.54) is 6.33 Å². The Morgan fingerprint density at radius 2 is 2.38 bits per heavy atom. The lowest BCUT2D eigenvalue weighted by atomic mass is 10.2. The largest absolute Gasteiger partial charge is 0.338 e. The first kappa shape index (κ1) is 9.44. The van der Waals surface area contributed by atoms with Crippen LogP contribution in [0.1, 0.15) is 16.7 Å². The second kappa shape index (κ2) is 3.66. The summed E-state index contributed by atoms with van der Waals surface area (Å²) in [5.74, 6) is 0.720. The molecular formula is C10H9N5S. The minimum absolute atomic E-state index is 0.228. The Labute approximate surface area is 95.4 Å². The minimum atomic E-state index is -0.228. The molecule has 0 fully saturated rings. The average molecular weight is 231 g/mol. The Balaban J connectivity index is 2.06. The number of nitrogens with two attached hydrogens (primary N) is 1. The summed E-state index contributed by atoms with van der Waals surface area (Å²) in [5.41, 5.74) is 7.55. The fourth-order valence-corrected chi connectivity index (χ4v) is 2.26. The maximum atomic E-state index is 6.09. The molecule has 1 unspecified atom stereocenters. The van der Waals surface area contributed by atoms with Crippen molar-refractivity contribution in [1.82, 2.24) is 19.9 Å². The number of hydrogen-bond acceptors (Lipinski definition) is 5. The Kier molecular flexibility index (Phi) is 2.16. The monoisotopic (exact) mass is 231 g/mol. The number of aromatic amines is 1. The summed E-state index contributed by atoms with van der Waals surface area (Å²) in [4.78, 5) is 16.5. The lowest BCUT2D eigenvalue weighted by molar-refractivity contribution is 0.821. The van der Waals surface area contributed by atoms with Gasteiger partial charge in [0.2, 0.25) is 0 Å². The van der Waals surface area contributed by atoms with E-state index in [0.29, 0.717) is 5.65 Å². The number of nitrogens with one attached hydrogen (secondary N) is 1. The zero-order chi connectivity index (χ0) is 11.0. The Morgan fingerprint density at radius 1 is 1.44 bits per heavy atom. The number of aromatic nitrogens is 4. The first-order chi connectivity index (χ1) is 7.84. The number of rotatable bonds is 2. The van der Waals surface area contributed by atoms with Crippen LogP contribution >= 0.6 is 11.3 Å². The summed E-state index contributed by atoms with van der Waals surface area (Å²) in [5, 5.41) is 2.00. The number of H-pyrrole nitrogens is 1. The molecule has 0 aliphatic carbocycles. The lowest BCUT2D eigenvalue weighted by Gasteiger charge is -2.04. The third-order valence-electron chi connectivity index (χ3n) is 2.32. The van der Waals surface area contributed by atoms with Crippen LogP contribution in [0.3, 0.4) is 0 Å². The van der Waals surface area contributed by atoms with E-state index in [1.807, 2.05) is 17.5 Å². The first-order valence-electron chi connectivity index (χ1n) is 4.79. The standard InChI is InChI=1S/C10H9N5S/c11-8(7-2-1-3-16-7)10-14-6-4-12-5-13-9(6)15-10/h1-5,8H,11H2,(H,12,13,14,15). The van der Waals surface area contributed by atoms with Crippen LogP contribution in [0.25, 0.3) is 11.2 Å². The van der Waals surface area contributed by atoms with E-state index in [9.17, 15) is 0 Å². The summed E-state index contributed by atoms with van der Waals surface area (Å²) >= 11 is 1.61. The van der Waals surface area contributed by atoms with E-state index < -0.39 is 0 Å². The second-order valence-corrected chi connectivity index (χ2v) is 4.35. The van der Waals surface area contributed by atoms with Gasteiger partial charge >= 0.3 is 0 Å². The van der Waals surface area contributed by atoms with Crippen molar-refractivity contribution in [2.24, 2.45) is 5.73 Å². The topological polar surface area (TPSA) is 80.5 Å². The van der Waals surface area contributed by atoms with Gasteiger partial charge in [-0.05, 0) is 11.4 Å². The van der Waals surface area contributed by atoms with Gasteiger partial charge in [-0.2, -0.15) is 0 Å². The summed E-state index contributed by atoms with van der Waals surface area (Å²) < 4.78 is 0. The van der Waals surface area contributed by atoms with Crippen molar-refractivity contribution in [2.75, 3.05) is 0 Å². The molecule has 3 aromatic heterocycles. The van der Waals surface area contributed by atoms with Crippen LogP contribution in [0, 0.1) is 0 Å². The molecule has 0 aromatic carbocycles. The molecule has 0 aliphatic heterocycles. The molecule has 0 bridgehead atoms. The number of imidazole rings is 1. The van der Waals surface area contributed by atoms with Crippen LogP contribution in [0.15, 0.2) is 30.0 Å². The van der Waals surface area contributed by atoms with Crippen molar-refractivity contribution >= 4 is 22.5 Å². The summed E-state index contributed by atoms with van der Waals surface area (Å²) in [6, 6.07) is 3.74. The molecule has 3 rings (SSSR count). The molecule has 80 valence electrons. The predicted octanol–water partition coefficient (Wildman–Crippen LogP) is 1.46. The van der Waals surface area contributed by atoms with Gasteiger partial charge in [-0.1, -0.05) is 6.07 Å². The highest BCUT2D eigenvalue weighted by molar-refractivity contribution is 7.10. The first-order valence-corrected chi connectivity index (χ1v) is 5.67. The molecule has 5 nitrogen and oxygen atoms in total. The van der Waals surface area contributed by atoms with Gasteiger partial charge in [0.25, 0.3) is 0 Å². The van der Waals surface area contributed by atoms with Crippen LogP contribution in [-0.2, 0) is 0 Å². The quantitative estimate of drug-likeness (QED) is 0.699. The van der Waals surface area contributed by atoms with Crippen molar-refractivity contribution < 1.29 is 0 Å². The number of fused-ring (bicyclic) bond motifs is 1. The molecule has 3 N–H and O–H groups in total. The molecular weight excluding hydrogens is 222 g/mol. The van der Waals surface area contributed by atoms with Gasteiger partial charge in [0.05, 0.1) is 12.2 Å². The normalized spacial score (nSPS) is 13.1. The summed E-state index contributed by atoms with van der Waals surface area (Å²) in [6.45, 7) is 0. The summed E-state index contributed by atoms with van der Waals surface area (Å²) in [6.07, 6.45) is 3.17. The smallest absolute Gasteiger partial charge is 0.180 e. The van der Waals surface area contributed by atoms with Crippen molar-refractivity contribution in [3.8, 4) is 0 Å². The third-order valence-corrected chi connectivity index (χ3v) is 3.28. The molecule has 0 aliphatic rings. The lowest BCUT2D eigenvalue weighted by Crippen LogP contribution is -2.11. The van der Waals surface area contributed by atoms with Gasteiger partial charge in [-0.3, -0.25) is 0 Å². The average Bonchev–Trinajstić information content (AvgIpc) is 2.97.